The molecule has 0 radical (unpaired) electrons. The Balaban J connectivity index is 2.34. The first-order chi connectivity index (χ1) is 9.49. The molecule has 0 saturated carbocycles. The van der Waals surface area contributed by atoms with Crippen LogP contribution in [-0.2, 0) is 11.2 Å². The van der Waals surface area contributed by atoms with Gasteiger partial charge in [-0.05, 0) is 48.6 Å². The fourth-order valence-corrected chi connectivity index (χ4v) is 2.23. The third kappa shape index (κ3) is 3.05. The average Bonchev–Trinajstić information content (AvgIpc) is 2.41. The highest BCUT2D eigenvalue weighted by Gasteiger charge is 2.21. The molecule has 104 valence electrons. The fourth-order valence-electron chi connectivity index (χ4n) is 2.23. The molecule has 2 aromatic rings. The molecule has 0 spiro atoms. The molecule has 1 unspecified atom stereocenters. The zero-order valence-electron chi connectivity index (χ0n) is 11.6. The van der Waals surface area contributed by atoms with Gasteiger partial charge in [0, 0.05) is 0 Å². The quantitative estimate of drug-likeness (QED) is 0.917. The van der Waals surface area contributed by atoms with E-state index in [0.29, 0.717) is 17.5 Å². The van der Waals surface area contributed by atoms with Crippen LogP contribution in [0.15, 0.2) is 42.5 Å². The number of hydrogen-bond acceptors (Lipinski definition) is 1. The highest BCUT2D eigenvalue weighted by Crippen LogP contribution is 2.24. The van der Waals surface area contributed by atoms with Crippen LogP contribution < -0.4 is 0 Å². The predicted octanol–water partition coefficient (Wildman–Crippen LogP) is 3.85. The number of carbonyl (C=O) groups is 1. The van der Waals surface area contributed by atoms with E-state index in [4.69, 9.17) is 0 Å². The molecule has 1 atom stereocenters. The number of carboxylic acid groups (broad SMARTS) is 1. The van der Waals surface area contributed by atoms with Crippen molar-refractivity contribution in [2.24, 2.45) is 0 Å². The second-order valence-corrected chi connectivity index (χ2v) is 5.03. The van der Waals surface area contributed by atoms with Crippen molar-refractivity contribution >= 4 is 5.97 Å². The van der Waals surface area contributed by atoms with Gasteiger partial charge in [-0.15, -0.1) is 0 Å². The third-order valence-electron chi connectivity index (χ3n) is 3.58. The first kappa shape index (κ1) is 14.3. The van der Waals surface area contributed by atoms with E-state index in [-0.39, 0.29) is 5.82 Å². The zero-order chi connectivity index (χ0) is 14.7. The van der Waals surface area contributed by atoms with Gasteiger partial charge in [-0.2, -0.15) is 0 Å². The van der Waals surface area contributed by atoms with Gasteiger partial charge in [-0.3, -0.25) is 4.79 Å². The number of rotatable bonds is 4. The first-order valence-corrected chi connectivity index (χ1v) is 6.52. The highest BCUT2D eigenvalue weighted by atomic mass is 19.1. The molecule has 0 saturated heterocycles. The standard InChI is InChI=1S/C17H17FO2/c1-11-5-3-4-6-13(11)9-15(17(19)20)14-8-7-12(2)16(18)10-14/h3-8,10,15H,9H2,1-2H3,(H,19,20). The lowest BCUT2D eigenvalue weighted by molar-refractivity contribution is -0.138. The van der Waals surface area contributed by atoms with Gasteiger partial charge in [0.1, 0.15) is 5.82 Å². The van der Waals surface area contributed by atoms with E-state index < -0.39 is 11.9 Å². The van der Waals surface area contributed by atoms with Gasteiger partial charge in [0.25, 0.3) is 0 Å². The van der Waals surface area contributed by atoms with Crippen molar-refractivity contribution in [3.8, 4) is 0 Å². The van der Waals surface area contributed by atoms with E-state index in [2.05, 4.69) is 0 Å². The Morgan fingerprint density at radius 2 is 1.85 bits per heavy atom. The summed E-state index contributed by atoms with van der Waals surface area (Å²) in [5, 5.41) is 9.42. The third-order valence-corrected chi connectivity index (χ3v) is 3.58. The maximum atomic E-state index is 13.6. The topological polar surface area (TPSA) is 37.3 Å². The van der Waals surface area contributed by atoms with E-state index >= 15 is 0 Å². The van der Waals surface area contributed by atoms with Gasteiger partial charge in [0.15, 0.2) is 0 Å². The molecule has 0 aliphatic heterocycles. The Morgan fingerprint density at radius 3 is 2.45 bits per heavy atom. The van der Waals surface area contributed by atoms with Gasteiger partial charge in [0.2, 0.25) is 0 Å². The van der Waals surface area contributed by atoms with E-state index in [1.165, 1.54) is 6.07 Å². The summed E-state index contributed by atoms with van der Waals surface area (Å²) in [7, 11) is 0. The lowest BCUT2D eigenvalue weighted by Crippen LogP contribution is -2.15. The van der Waals surface area contributed by atoms with Crippen LogP contribution in [0.25, 0.3) is 0 Å². The molecule has 0 aromatic heterocycles. The van der Waals surface area contributed by atoms with Crippen molar-refractivity contribution in [3.05, 3.63) is 70.5 Å². The van der Waals surface area contributed by atoms with Gasteiger partial charge < -0.3 is 5.11 Å². The molecule has 0 fully saturated rings. The predicted molar refractivity (Wildman–Crippen MR) is 76.4 cm³/mol. The van der Waals surface area contributed by atoms with Gasteiger partial charge in [-0.1, -0.05) is 36.4 Å². The number of carboxylic acids is 1. The minimum Gasteiger partial charge on any atom is -0.481 e. The second-order valence-electron chi connectivity index (χ2n) is 5.03. The summed E-state index contributed by atoms with van der Waals surface area (Å²) >= 11 is 0. The maximum absolute atomic E-state index is 13.6. The fraction of sp³-hybridized carbons (Fsp3) is 0.235. The Hall–Kier alpha value is -2.16. The smallest absolute Gasteiger partial charge is 0.311 e. The Labute approximate surface area is 117 Å². The van der Waals surface area contributed by atoms with E-state index in [0.717, 1.165) is 11.1 Å². The molecule has 0 amide bonds. The molecule has 0 heterocycles. The van der Waals surface area contributed by atoms with Crippen LogP contribution in [0.1, 0.15) is 28.2 Å². The van der Waals surface area contributed by atoms with Crippen molar-refractivity contribution in [1.82, 2.24) is 0 Å². The van der Waals surface area contributed by atoms with Crippen molar-refractivity contribution < 1.29 is 14.3 Å². The first-order valence-electron chi connectivity index (χ1n) is 6.52. The SMILES string of the molecule is Cc1ccc(C(Cc2ccccc2C)C(=O)O)cc1F. The molecule has 3 heteroatoms. The molecule has 0 aliphatic carbocycles. The van der Waals surface area contributed by atoms with Crippen LogP contribution in [0, 0.1) is 19.7 Å². The summed E-state index contributed by atoms with van der Waals surface area (Å²) in [6.45, 7) is 3.61. The van der Waals surface area contributed by atoms with Crippen LogP contribution in [0.2, 0.25) is 0 Å². The summed E-state index contributed by atoms with van der Waals surface area (Å²) in [4.78, 5) is 11.5. The van der Waals surface area contributed by atoms with Crippen molar-refractivity contribution in [2.75, 3.05) is 0 Å². The van der Waals surface area contributed by atoms with Crippen molar-refractivity contribution in [3.63, 3.8) is 0 Å². The maximum Gasteiger partial charge on any atom is 0.311 e. The summed E-state index contributed by atoms with van der Waals surface area (Å²) in [6, 6.07) is 12.3. The van der Waals surface area contributed by atoms with Gasteiger partial charge >= 0.3 is 5.97 Å². The molecule has 2 aromatic carbocycles. The minimum absolute atomic E-state index is 0.362. The van der Waals surface area contributed by atoms with E-state index in [9.17, 15) is 14.3 Å². The molecule has 0 aliphatic rings. The summed E-state index contributed by atoms with van der Waals surface area (Å²) in [5.41, 5.74) is 3.05. The number of benzene rings is 2. The largest absolute Gasteiger partial charge is 0.481 e. The summed E-state index contributed by atoms with van der Waals surface area (Å²) in [5.74, 6) is -2.03. The van der Waals surface area contributed by atoms with Crippen LogP contribution in [0.5, 0.6) is 0 Å². The molecule has 2 nitrogen and oxygen atoms in total. The number of aryl methyl sites for hydroxylation is 2. The van der Waals surface area contributed by atoms with Crippen LogP contribution >= 0.6 is 0 Å². The zero-order valence-corrected chi connectivity index (χ0v) is 11.6. The molecular weight excluding hydrogens is 255 g/mol. The second kappa shape index (κ2) is 5.87. The minimum atomic E-state index is -0.934. The van der Waals surface area contributed by atoms with Crippen molar-refractivity contribution in [1.29, 1.82) is 0 Å². The lowest BCUT2D eigenvalue weighted by Gasteiger charge is -2.15. The molecule has 1 N–H and O–H groups in total. The monoisotopic (exact) mass is 272 g/mol. The van der Waals surface area contributed by atoms with Crippen molar-refractivity contribution in [2.45, 2.75) is 26.2 Å². The number of hydrogen-bond donors (Lipinski definition) is 1. The Kier molecular flexibility index (Phi) is 4.18. The van der Waals surface area contributed by atoms with Crippen LogP contribution in [-0.4, -0.2) is 11.1 Å². The number of aliphatic carboxylic acids is 1. The van der Waals surface area contributed by atoms with E-state index in [1.807, 2.05) is 31.2 Å². The normalized spacial score (nSPS) is 12.2. The molecule has 20 heavy (non-hydrogen) atoms. The molecule has 2 rings (SSSR count). The van der Waals surface area contributed by atoms with Crippen LogP contribution in [0.3, 0.4) is 0 Å². The number of halogens is 1. The molecular formula is C17H17FO2. The summed E-state index contributed by atoms with van der Waals surface area (Å²) in [6.07, 6.45) is 0.366. The van der Waals surface area contributed by atoms with Gasteiger partial charge in [-0.25, -0.2) is 4.39 Å². The Morgan fingerprint density at radius 1 is 1.15 bits per heavy atom. The summed E-state index contributed by atoms with van der Waals surface area (Å²) < 4.78 is 13.6. The lowest BCUT2D eigenvalue weighted by atomic mass is 9.90. The van der Waals surface area contributed by atoms with Crippen LogP contribution in [0.4, 0.5) is 4.39 Å². The van der Waals surface area contributed by atoms with E-state index in [1.54, 1.807) is 19.1 Å². The Bertz CT molecular complexity index is 635. The molecule has 0 bridgehead atoms. The average molecular weight is 272 g/mol. The highest BCUT2D eigenvalue weighted by molar-refractivity contribution is 5.76. The van der Waals surface area contributed by atoms with Gasteiger partial charge in [0.05, 0.1) is 5.92 Å².